The topological polar surface area (TPSA) is 29.3 Å². The quantitative estimate of drug-likeness (QED) is 0.220. The van der Waals surface area contributed by atoms with E-state index in [4.69, 9.17) is 9.40 Å². The Morgan fingerprint density at radius 2 is 1.23 bits per heavy atom. The van der Waals surface area contributed by atoms with Crippen LogP contribution in [0.2, 0.25) is 0 Å². The van der Waals surface area contributed by atoms with E-state index in [9.17, 15) is 0 Å². The number of pyridine rings is 1. The van der Waals surface area contributed by atoms with Crippen LogP contribution in [0.3, 0.4) is 0 Å². The number of anilines is 3. The van der Waals surface area contributed by atoms with Crippen LogP contribution in [-0.4, -0.2) is 4.98 Å². The molecule has 2 aromatic heterocycles. The molecule has 3 nitrogen and oxygen atoms in total. The first-order valence-corrected chi connectivity index (χ1v) is 13.5. The maximum absolute atomic E-state index is 6.22. The van der Waals surface area contributed by atoms with Gasteiger partial charge in [-0.25, -0.2) is 0 Å². The number of nitrogens with zero attached hydrogens (tertiary/aromatic N) is 2. The van der Waals surface area contributed by atoms with Crippen molar-refractivity contribution in [1.82, 2.24) is 4.98 Å². The molecule has 3 heteroatoms. The van der Waals surface area contributed by atoms with Crippen LogP contribution in [0.4, 0.5) is 17.1 Å². The fourth-order valence-electron chi connectivity index (χ4n) is 5.81. The lowest BCUT2D eigenvalue weighted by Crippen LogP contribution is -2.10. The minimum atomic E-state index is 0.786. The smallest absolute Gasteiger partial charge is 0.153 e. The molecule has 40 heavy (non-hydrogen) atoms. The maximum Gasteiger partial charge on any atom is 0.153 e. The van der Waals surface area contributed by atoms with E-state index in [1.807, 2.05) is 30.5 Å². The average Bonchev–Trinajstić information content (AvgIpc) is 3.41. The van der Waals surface area contributed by atoms with Gasteiger partial charge in [-0.05, 0) is 81.2 Å². The fourth-order valence-corrected chi connectivity index (χ4v) is 5.81. The van der Waals surface area contributed by atoms with Gasteiger partial charge in [0.05, 0.1) is 11.1 Å². The van der Waals surface area contributed by atoms with E-state index in [2.05, 4.69) is 120 Å². The first kappa shape index (κ1) is 22.6. The van der Waals surface area contributed by atoms with Crippen molar-refractivity contribution in [2.24, 2.45) is 0 Å². The van der Waals surface area contributed by atoms with Gasteiger partial charge >= 0.3 is 0 Å². The van der Waals surface area contributed by atoms with Crippen LogP contribution in [0, 0.1) is 0 Å². The van der Waals surface area contributed by atoms with Crippen molar-refractivity contribution in [3.63, 3.8) is 0 Å². The lowest BCUT2D eigenvalue weighted by Gasteiger charge is -2.27. The van der Waals surface area contributed by atoms with E-state index in [0.29, 0.717) is 0 Å². The summed E-state index contributed by atoms with van der Waals surface area (Å²) in [5.41, 5.74) is 8.03. The first-order valence-electron chi connectivity index (χ1n) is 13.5. The highest BCUT2D eigenvalue weighted by molar-refractivity contribution is 6.13. The number of benzene rings is 6. The summed E-state index contributed by atoms with van der Waals surface area (Å²) in [6.45, 7) is 0. The Bertz CT molecular complexity index is 2160. The van der Waals surface area contributed by atoms with Crippen LogP contribution in [0.5, 0.6) is 0 Å². The van der Waals surface area contributed by atoms with Gasteiger partial charge in [-0.15, -0.1) is 0 Å². The van der Waals surface area contributed by atoms with Gasteiger partial charge in [0, 0.05) is 17.6 Å². The highest BCUT2D eigenvalue weighted by Gasteiger charge is 2.20. The van der Waals surface area contributed by atoms with Crippen LogP contribution in [0.15, 0.2) is 150 Å². The van der Waals surface area contributed by atoms with Crippen molar-refractivity contribution in [1.29, 1.82) is 0 Å². The summed E-state index contributed by atoms with van der Waals surface area (Å²) in [6.07, 6.45) is 1.83. The molecular formula is C37H24N2O. The zero-order valence-corrected chi connectivity index (χ0v) is 21.7. The Morgan fingerprint density at radius 1 is 0.500 bits per heavy atom. The van der Waals surface area contributed by atoms with Crippen molar-refractivity contribution in [3.8, 4) is 11.1 Å². The lowest BCUT2D eigenvalue weighted by molar-refractivity contribution is 0.668. The predicted octanol–water partition coefficient (Wildman–Crippen LogP) is 10.4. The van der Waals surface area contributed by atoms with Gasteiger partial charge in [-0.1, -0.05) is 91.0 Å². The molecule has 0 saturated carbocycles. The Hall–Kier alpha value is -5.41. The van der Waals surface area contributed by atoms with Crippen molar-refractivity contribution >= 4 is 60.7 Å². The average molecular weight is 513 g/mol. The minimum absolute atomic E-state index is 0.786. The minimum Gasteiger partial charge on any atom is -0.454 e. The van der Waals surface area contributed by atoms with Crippen LogP contribution >= 0.6 is 0 Å². The molecule has 0 N–H and O–H groups in total. The normalized spacial score (nSPS) is 11.5. The van der Waals surface area contributed by atoms with Crippen molar-refractivity contribution < 1.29 is 4.42 Å². The zero-order chi connectivity index (χ0) is 26.5. The van der Waals surface area contributed by atoms with E-state index in [-0.39, 0.29) is 0 Å². The molecule has 6 aromatic carbocycles. The third kappa shape index (κ3) is 3.63. The molecule has 0 saturated heterocycles. The second-order valence-corrected chi connectivity index (χ2v) is 10.0. The SMILES string of the molecule is c1ccc(-c2ccc(N(c3ccc4c(ccc5ccccc54)c3)c3cccc4oc5cccnc5c34)cc2)cc1. The maximum atomic E-state index is 6.22. The molecule has 0 atom stereocenters. The number of hydrogen-bond acceptors (Lipinski definition) is 3. The van der Waals surface area contributed by atoms with Crippen LogP contribution in [0.1, 0.15) is 0 Å². The summed E-state index contributed by atoms with van der Waals surface area (Å²) < 4.78 is 6.22. The Kier molecular flexibility index (Phi) is 5.14. The summed E-state index contributed by atoms with van der Waals surface area (Å²) >= 11 is 0. The molecule has 0 aliphatic heterocycles. The van der Waals surface area contributed by atoms with Gasteiger partial charge in [-0.3, -0.25) is 4.98 Å². The first-order chi connectivity index (χ1) is 19.8. The van der Waals surface area contributed by atoms with Crippen LogP contribution < -0.4 is 4.90 Å². The fraction of sp³-hybridized carbons (Fsp3) is 0. The summed E-state index contributed by atoms with van der Waals surface area (Å²) in [6, 6.07) is 49.1. The molecule has 0 unspecified atom stereocenters. The number of rotatable bonds is 4. The van der Waals surface area contributed by atoms with Crippen molar-refractivity contribution in [2.75, 3.05) is 4.90 Å². The molecule has 0 amide bonds. The summed E-state index contributed by atoms with van der Waals surface area (Å²) in [5.74, 6) is 0. The van der Waals surface area contributed by atoms with Gasteiger partial charge < -0.3 is 9.32 Å². The van der Waals surface area contributed by atoms with E-state index >= 15 is 0 Å². The second kappa shape index (κ2) is 9.11. The molecule has 0 spiro atoms. The Morgan fingerprint density at radius 3 is 2.12 bits per heavy atom. The largest absolute Gasteiger partial charge is 0.454 e. The Labute approximate surface area is 231 Å². The van der Waals surface area contributed by atoms with E-state index in [1.54, 1.807) is 0 Å². The summed E-state index contributed by atoms with van der Waals surface area (Å²) in [5, 5.41) is 5.96. The molecule has 0 fully saturated rings. The molecule has 2 heterocycles. The molecular weight excluding hydrogens is 488 g/mol. The van der Waals surface area contributed by atoms with Gasteiger partial charge in [0.25, 0.3) is 0 Å². The highest BCUT2D eigenvalue weighted by atomic mass is 16.3. The summed E-state index contributed by atoms with van der Waals surface area (Å²) in [4.78, 5) is 7.03. The monoisotopic (exact) mass is 512 g/mol. The molecule has 8 aromatic rings. The number of fused-ring (bicyclic) bond motifs is 6. The number of furan rings is 1. The third-order valence-corrected chi connectivity index (χ3v) is 7.69. The molecule has 188 valence electrons. The zero-order valence-electron chi connectivity index (χ0n) is 21.7. The lowest BCUT2D eigenvalue weighted by atomic mass is 10.0. The predicted molar refractivity (Wildman–Crippen MR) is 167 cm³/mol. The molecule has 8 rings (SSSR count). The molecule has 0 aliphatic carbocycles. The second-order valence-electron chi connectivity index (χ2n) is 10.0. The molecule has 0 aliphatic rings. The molecule has 0 radical (unpaired) electrons. The third-order valence-electron chi connectivity index (χ3n) is 7.69. The van der Waals surface area contributed by atoms with Crippen LogP contribution in [0.25, 0.3) is 54.7 Å². The van der Waals surface area contributed by atoms with Gasteiger partial charge in [0.1, 0.15) is 11.1 Å². The van der Waals surface area contributed by atoms with Crippen molar-refractivity contribution in [3.05, 3.63) is 146 Å². The van der Waals surface area contributed by atoms with E-state index < -0.39 is 0 Å². The Balaban J connectivity index is 1.36. The van der Waals surface area contributed by atoms with Crippen LogP contribution in [-0.2, 0) is 0 Å². The van der Waals surface area contributed by atoms with Gasteiger partial charge in [0.15, 0.2) is 5.58 Å². The van der Waals surface area contributed by atoms with Gasteiger partial charge in [-0.2, -0.15) is 0 Å². The summed E-state index contributed by atoms with van der Waals surface area (Å²) in [7, 11) is 0. The number of aromatic nitrogens is 1. The van der Waals surface area contributed by atoms with Crippen molar-refractivity contribution in [2.45, 2.75) is 0 Å². The standard InChI is InChI=1S/C37H24N2O/c1-2-8-25(9-3-1)26-17-19-29(20-18-26)39(33-12-6-13-34-36(33)37-35(40-34)14-7-23-38-37)30-21-22-32-28(24-30)16-15-27-10-4-5-11-31(27)32/h1-24H. The van der Waals surface area contributed by atoms with E-state index in [1.165, 1.54) is 32.7 Å². The van der Waals surface area contributed by atoms with Gasteiger partial charge in [0.2, 0.25) is 0 Å². The van der Waals surface area contributed by atoms with E-state index in [0.717, 1.165) is 39.1 Å². The molecule has 0 bridgehead atoms. The highest BCUT2D eigenvalue weighted by Crippen LogP contribution is 2.43. The number of hydrogen-bond donors (Lipinski definition) is 0.